The minimum absolute atomic E-state index is 0.924. The summed E-state index contributed by atoms with van der Waals surface area (Å²) < 4.78 is 3.14. The molecule has 1 rings (SSSR count). The molecule has 72 valence electrons. The van der Waals surface area contributed by atoms with Gasteiger partial charge in [0.15, 0.2) is 0 Å². The Bertz CT molecular complexity index is 326. The summed E-state index contributed by atoms with van der Waals surface area (Å²) >= 11 is 3.50. The minimum atomic E-state index is 0.924. The first kappa shape index (κ1) is 10.5. The molecule has 0 saturated heterocycles. The molecule has 0 unspecified atom stereocenters. The van der Waals surface area contributed by atoms with E-state index in [0.29, 0.717) is 0 Å². The fourth-order valence-electron chi connectivity index (χ4n) is 1.19. The second-order valence-corrected chi connectivity index (χ2v) is 4.21. The zero-order chi connectivity index (χ0) is 10.0. The number of aryl methyl sites for hydroxylation is 2. The van der Waals surface area contributed by atoms with Gasteiger partial charge in [-0.25, -0.2) is 0 Å². The van der Waals surface area contributed by atoms with Gasteiger partial charge in [0, 0.05) is 12.2 Å². The van der Waals surface area contributed by atoms with Crippen molar-refractivity contribution >= 4 is 15.9 Å². The van der Waals surface area contributed by atoms with E-state index in [0.717, 1.165) is 23.1 Å². The molecule has 0 saturated carbocycles. The van der Waals surface area contributed by atoms with Crippen LogP contribution in [0.5, 0.6) is 0 Å². The molecule has 0 atom stereocenters. The van der Waals surface area contributed by atoms with Crippen LogP contribution < -0.4 is 0 Å². The minimum Gasteiger partial charge on any atom is -0.268 e. The van der Waals surface area contributed by atoms with Crippen LogP contribution >= 0.6 is 15.9 Å². The fourth-order valence-corrected chi connectivity index (χ4v) is 1.47. The zero-order valence-electron chi connectivity index (χ0n) is 8.39. The van der Waals surface area contributed by atoms with E-state index in [1.807, 2.05) is 18.5 Å². The van der Waals surface area contributed by atoms with Crippen molar-refractivity contribution in [2.45, 2.75) is 33.7 Å². The molecule has 0 fully saturated rings. The number of nitrogens with zero attached hydrogens (tertiary/aromatic N) is 2. The van der Waals surface area contributed by atoms with E-state index in [-0.39, 0.29) is 0 Å². The molecule has 0 spiro atoms. The van der Waals surface area contributed by atoms with Crippen molar-refractivity contribution in [2.24, 2.45) is 0 Å². The van der Waals surface area contributed by atoms with Crippen LogP contribution in [-0.4, -0.2) is 9.78 Å². The van der Waals surface area contributed by atoms with E-state index in [2.05, 4.69) is 34.5 Å². The van der Waals surface area contributed by atoms with Crippen molar-refractivity contribution in [3.63, 3.8) is 0 Å². The average Bonchev–Trinajstić information content (AvgIpc) is 2.29. The van der Waals surface area contributed by atoms with Crippen molar-refractivity contribution < 1.29 is 0 Å². The third kappa shape index (κ3) is 2.44. The van der Waals surface area contributed by atoms with Gasteiger partial charge in [-0.05, 0) is 43.1 Å². The summed E-state index contributed by atoms with van der Waals surface area (Å²) in [5, 5.41) is 4.41. The highest BCUT2D eigenvalue weighted by molar-refractivity contribution is 9.10. The summed E-state index contributed by atoms with van der Waals surface area (Å²) in [6, 6.07) is 0. The van der Waals surface area contributed by atoms with Crippen molar-refractivity contribution in [1.82, 2.24) is 9.78 Å². The molecule has 0 radical (unpaired) electrons. The molecule has 13 heavy (non-hydrogen) atoms. The lowest BCUT2D eigenvalue weighted by Crippen LogP contribution is -2.02. The van der Waals surface area contributed by atoms with E-state index in [9.17, 15) is 0 Å². The van der Waals surface area contributed by atoms with Crippen LogP contribution in [0.25, 0.3) is 0 Å². The van der Waals surface area contributed by atoms with Crippen LogP contribution in [0.3, 0.4) is 0 Å². The van der Waals surface area contributed by atoms with Gasteiger partial charge < -0.3 is 0 Å². The number of allylic oxidation sites excluding steroid dienone is 1. The number of hydrogen-bond donors (Lipinski definition) is 0. The van der Waals surface area contributed by atoms with E-state index < -0.39 is 0 Å². The van der Waals surface area contributed by atoms with Crippen LogP contribution in [0.4, 0.5) is 0 Å². The number of halogens is 1. The smallest absolute Gasteiger partial charge is 0.0738 e. The third-order valence-electron chi connectivity index (χ3n) is 2.04. The first-order valence-electron chi connectivity index (χ1n) is 4.36. The molecule has 0 aliphatic rings. The van der Waals surface area contributed by atoms with Crippen LogP contribution in [0.2, 0.25) is 0 Å². The quantitative estimate of drug-likeness (QED) is 0.745. The van der Waals surface area contributed by atoms with Gasteiger partial charge in [-0.3, -0.25) is 4.68 Å². The maximum absolute atomic E-state index is 4.41. The molecule has 0 aliphatic heterocycles. The molecule has 0 aromatic carbocycles. The van der Waals surface area contributed by atoms with Crippen molar-refractivity contribution in [3.8, 4) is 0 Å². The molecule has 1 aromatic rings. The first-order valence-corrected chi connectivity index (χ1v) is 5.15. The Morgan fingerprint density at radius 3 is 2.54 bits per heavy atom. The van der Waals surface area contributed by atoms with E-state index in [1.54, 1.807) is 0 Å². The normalized spacial score (nSPS) is 10.5. The summed E-state index contributed by atoms with van der Waals surface area (Å²) in [5.74, 6) is 0. The molecule has 2 nitrogen and oxygen atoms in total. The first-order chi connectivity index (χ1) is 6.02. The fraction of sp³-hybridized carbons (Fsp3) is 0.500. The van der Waals surface area contributed by atoms with Gasteiger partial charge >= 0.3 is 0 Å². The predicted octanol–water partition coefficient (Wildman–Crippen LogP) is 3.23. The Hall–Kier alpha value is -0.570. The van der Waals surface area contributed by atoms with Gasteiger partial charge in [0.05, 0.1) is 10.2 Å². The SMILES string of the molecule is C=C(C)CCn1nc(C)c(Br)c1C. The number of rotatable bonds is 3. The standard InChI is InChI=1S/C10H15BrN2/c1-7(2)5-6-13-9(4)10(11)8(3)12-13/h1,5-6H2,2-4H3. The molecule has 0 aliphatic carbocycles. The van der Waals surface area contributed by atoms with Gasteiger partial charge in [-0.15, -0.1) is 6.58 Å². The Morgan fingerprint density at radius 1 is 1.54 bits per heavy atom. The molecular formula is C10H15BrN2. The van der Waals surface area contributed by atoms with Gasteiger partial charge in [0.25, 0.3) is 0 Å². The largest absolute Gasteiger partial charge is 0.268 e. The molecule has 0 N–H and O–H groups in total. The highest BCUT2D eigenvalue weighted by atomic mass is 79.9. The van der Waals surface area contributed by atoms with Gasteiger partial charge in [0.1, 0.15) is 0 Å². The molecule has 1 aromatic heterocycles. The van der Waals surface area contributed by atoms with Crippen LogP contribution in [-0.2, 0) is 6.54 Å². The van der Waals surface area contributed by atoms with Crippen molar-refractivity contribution in [1.29, 1.82) is 0 Å². The van der Waals surface area contributed by atoms with Crippen LogP contribution in [0, 0.1) is 13.8 Å². The molecule has 1 heterocycles. The Kier molecular flexibility index (Phi) is 3.31. The summed E-state index contributed by atoms with van der Waals surface area (Å²) in [7, 11) is 0. The molecule has 0 bridgehead atoms. The number of hydrogen-bond acceptors (Lipinski definition) is 1. The summed E-state index contributed by atoms with van der Waals surface area (Å²) in [5.41, 5.74) is 3.45. The van der Waals surface area contributed by atoms with Crippen molar-refractivity contribution in [2.75, 3.05) is 0 Å². The lowest BCUT2D eigenvalue weighted by Gasteiger charge is -2.03. The average molecular weight is 243 g/mol. The lowest BCUT2D eigenvalue weighted by molar-refractivity contribution is 0.592. The predicted molar refractivity (Wildman–Crippen MR) is 58.8 cm³/mol. The van der Waals surface area contributed by atoms with E-state index in [4.69, 9.17) is 0 Å². The topological polar surface area (TPSA) is 17.8 Å². The van der Waals surface area contributed by atoms with Gasteiger partial charge in [-0.2, -0.15) is 5.10 Å². The van der Waals surface area contributed by atoms with Crippen molar-refractivity contribution in [3.05, 3.63) is 28.0 Å². The Labute approximate surface area is 87.8 Å². The second-order valence-electron chi connectivity index (χ2n) is 3.42. The van der Waals surface area contributed by atoms with Gasteiger partial charge in [-0.1, -0.05) is 5.57 Å². The third-order valence-corrected chi connectivity index (χ3v) is 3.19. The van der Waals surface area contributed by atoms with Crippen LogP contribution in [0.15, 0.2) is 16.6 Å². The second kappa shape index (κ2) is 4.09. The monoisotopic (exact) mass is 242 g/mol. The maximum Gasteiger partial charge on any atom is 0.0738 e. The lowest BCUT2D eigenvalue weighted by atomic mass is 10.2. The summed E-state index contributed by atoms with van der Waals surface area (Å²) in [6.45, 7) is 10.9. The Balaban J connectivity index is 2.78. The molecular weight excluding hydrogens is 228 g/mol. The van der Waals surface area contributed by atoms with E-state index >= 15 is 0 Å². The summed E-state index contributed by atoms with van der Waals surface area (Å²) in [6.07, 6.45) is 0.994. The zero-order valence-corrected chi connectivity index (χ0v) is 9.98. The number of aromatic nitrogens is 2. The Morgan fingerprint density at radius 2 is 2.15 bits per heavy atom. The highest BCUT2D eigenvalue weighted by Crippen LogP contribution is 2.20. The molecule has 0 amide bonds. The maximum atomic E-state index is 4.41. The molecule has 3 heteroatoms. The van der Waals surface area contributed by atoms with Crippen LogP contribution in [0.1, 0.15) is 24.7 Å². The summed E-state index contributed by atoms with van der Waals surface area (Å²) in [4.78, 5) is 0. The van der Waals surface area contributed by atoms with E-state index in [1.165, 1.54) is 11.3 Å². The highest BCUT2D eigenvalue weighted by Gasteiger charge is 2.07. The van der Waals surface area contributed by atoms with Gasteiger partial charge in [0.2, 0.25) is 0 Å².